The van der Waals surface area contributed by atoms with Gasteiger partial charge in [-0.05, 0) is 55.0 Å². The summed E-state index contributed by atoms with van der Waals surface area (Å²) in [6.07, 6.45) is 0.864. The maximum absolute atomic E-state index is 13.4. The number of hydrogen-bond donors (Lipinski definition) is 1. The van der Waals surface area contributed by atoms with E-state index in [1.165, 1.54) is 4.90 Å². The summed E-state index contributed by atoms with van der Waals surface area (Å²) in [6, 6.07) is 12.0. The summed E-state index contributed by atoms with van der Waals surface area (Å²) in [6.45, 7) is 1.82. The van der Waals surface area contributed by atoms with E-state index in [2.05, 4.69) is 37.2 Å². The minimum atomic E-state index is -0.390. The van der Waals surface area contributed by atoms with Crippen molar-refractivity contribution in [2.24, 2.45) is 23.7 Å². The molecule has 0 radical (unpaired) electrons. The number of benzene rings is 2. The van der Waals surface area contributed by atoms with Crippen molar-refractivity contribution in [2.75, 3.05) is 10.2 Å². The molecule has 160 valence electrons. The number of hydrogen-bond acceptors (Lipinski definition) is 3. The maximum atomic E-state index is 13.4. The van der Waals surface area contributed by atoms with E-state index in [-0.39, 0.29) is 50.7 Å². The third-order valence-electron chi connectivity index (χ3n) is 6.89. The van der Waals surface area contributed by atoms with E-state index >= 15 is 0 Å². The molecule has 3 fully saturated rings. The van der Waals surface area contributed by atoms with Crippen LogP contribution in [-0.2, 0) is 9.59 Å². The Morgan fingerprint density at radius 1 is 1.00 bits per heavy atom. The van der Waals surface area contributed by atoms with Gasteiger partial charge in [-0.15, -0.1) is 0 Å². The Labute approximate surface area is 201 Å². The number of para-hydroxylation sites is 1. The molecule has 3 aliphatic rings. The molecule has 2 aromatic rings. The van der Waals surface area contributed by atoms with Crippen molar-refractivity contribution < 1.29 is 14.4 Å². The van der Waals surface area contributed by atoms with Gasteiger partial charge in [0.2, 0.25) is 11.8 Å². The van der Waals surface area contributed by atoms with Crippen LogP contribution in [0.1, 0.15) is 22.3 Å². The number of carbonyl (C=O) groups excluding carboxylic acids is 3. The number of nitrogens with one attached hydrogen (secondary N) is 1. The fourth-order valence-corrected chi connectivity index (χ4v) is 7.43. The van der Waals surface area contributed by atoms with Crippen molar-refractivity contribution in [3.63, 3.8) is 0 Å². The third kappa shape index (κ3) is 3.11. The summed E-state index contributed by atoms with van der Waals surface area (Å²) in [5.41, 5.74) is 1.95. The first kappa shape index (κ1) is 21.2. The Morgan fingerprint density at radius 3 is 2.26 bits per heavy atom. The van der Waals surface area contributed by atoms with Crippen molar-refractivity contribution in [3.05, 3.63) is 58.6 Å². The molecule has 2 aliphatic carbocycles. The molecule has 6 atom stereocenters. The lowest BCUT2D eigenvalue weighted by molar-refractivity contribution is -0.123. The van der Waals surface area contributed by atoms with Gasteiger partial charge < -0.3 is 5.32 Å². The number of alkyl halides is 2. The highest BCUT2D eigenvalue weighted by atomic mass is 79.9. The van der Waals surface area contributed by atoms with E-state index in [0.29, 0.717) is 16.4 Å². The highest BCUT2D eigenvalue weighted by Gasteiger charge is 2.66. The molecular formula is C23H19Br2ClN2O3. The highest BCUT2D eigenvalue weighted by molar-refractivity contribution is 9.12. The SMILES string of the molecule is Cc1c(Cl)cccc1NC(=O)c1ccccc1N1C(=O)[C@@H]2[C@H]3C[C@@H]([C@H](Br)[C@H]3Br)[C@H]2C1=O. The first-order chi connectivity index (χ1) is 14.8. The number of imide groups is 1. The lowest BCUT2D eigenvalue weighted by Crippen LogP contribution is -2.37. The summed E-state index contributed by atoms with van der Waals surface area (Å²) in [5.74, 6) is -1.22. The average Bonchev–Trinajstić information content (AvgIpc) is 3.36. The van der Waals surface area contributed by atoms with E-state index in [0.717, 1.165) is 12.0 Å². The fourth-order valence-electron chi connectivity index (χ4n) is 5.38. The number of fused-ring (bicyclic) bond motifs is 5. The Morgan fingerprint density at radius 2 is 1.61 bits per heavy atom. The number of halogens is 3. The zero-order valence-corrected chi connectivity index (χ0v) is 20.4. The normalized spacial score (nSPS) is 31.3. The van der Waals surface area contributed by atoms with Gasteiger partial charge in [-0.3, -0.25) is 14.4 Å². The predicted molar refractivity (Wildman–Crippen MR) is 127 cm³/mol. The fraction of sp³-hybridized carbons (Fsp3) is 0.348. The van der Waals surface area contributed by atoms with Crippen LogP contribution in [0.5, 0.6) is 0 Å². The van der Waals surface area contributed by atoms with Gasteiger partial charge in [0.15, 0.2) is 0 Å². The Bertz CT molecular complexity index is 1090. The lowest BCUT2D eigenvalue weighted by Gasteiger charge is -2.28. The van der Waals surface area contributed by atoms with Crippen LogP contribution in [0.15, 0.2) is 42.5 Å². The number of nitrogens with zero attached hydrogens (tertiary/aromatic N) is 1. The molecule has 0 aromatic heterocycles. The van der Waals surface area contributed by atoms with Gasteiger partial charge in [0.1, 0.15) is 0 Å². The van der Waals surface area contributed by atoms with Crippen molar-refractivity contribution >= 4 is 72.6 Å². The molecule has 1 saturated heterocycles. The third-order valence-corrected chi connectivity index (χ3v) is 10.5. The highest BCUT2D eigenvalue weighted by Crippen LogP contribution is 2.60. The summed E-state index contributed by atoms with van der Waals surface area (Å²) in [7, 11) is 0. The van der Waals surface area contributed by atoms with Gasteiger partial charge >= 0.3 is 0 Å². The summed E-state index contributed by atoms with van der Waals surface area (Å²) < 4.78 is 0. The Hall–Kier alpha value is -1.70. The topological polar surface area (TPSA) is 66.5 Å². The van der Waals surface area contributed by atoms with Crippen LogP contribution in [0.2, 0.25) is 5.02 Å². The van der Waals surface area contributed by atoms with Crippen LogP contribution < -0.4 is 10.2 Å². The van der Waals surface area contributed by atoms with Crippen LogP contribution in [0.4, 0.5) is 11.4 Å². The van der Waals surface area contributed by atoms with E-state index < -0.39 is 5.91 Å². The largest absolute Gasteiger partial charge is 0.322 e. The van der Waals surface area contributed by atoms with Gasteiger partial charge in [0, 0.05) is 20.4 Å². The first-order valence-electron chi connectivity index (χ1n) is 10.1. The molecule has 0 spiro atoms. The van der Waals surface area contributed by atoms with Gasteiger partial charge in [0.25, 0.3) is 5.91 Å². The molecule has 5 nitrogen and oxygen atoms in total. The molecule has 2 saturated carbocycles. The van der Waals surface area contributed by atoms with Gasteiger partial charge in [-0.2, -0.15) is 0 Å². The predicted octanol–water partition coefficient (Wildman–Crippen LogP) is 5.18. The molecule has 2 bridgehead atoms. The van der Waals surface area contributed by atoms with Crippen molar-refractivity contribution in [1.82, 2.24) is 0 Å². The van der Waals surface area contributed by atoms with Gasteiger partial charge in [-0.1, -0.05) is 61.7 Å². The maximum Gasteiger partial charge on any atom is 0.257 e. The first-order valence-corrected chi connectivity index (χ1v) is 12.3. The number of amides is 3. The minimum Gasteiger partial charge on any atom is -0.322 e. The molecule has 1 heterocycles. The van der Waals surface area contributed by atoms with Crippen molar-refractivity contribution in [2.45, 2.75) is 23.0 Å². The number of anilines is 2. The molecule has 0 unspecified atom stereocenters. The van der Waals surface area contributed by atoms with Crippen LogP contribution in [0, 0.1) is 30.6 Å². The molecule has 5 rings (SSSR count). The minimum absolute atomic E-state index is 0.121. The molecule has 1 N–H and O–H groups in total. The number of carbonyl (C=O) groups is 3. The molecule has 31 heavy (non-hydrogen) atoms. The van der Waals surface area contributed by atoms with Gasteiger partial charge in [-0.25, -0.2) is 4.90 Å². The molecule has 3 amide bonds. The molecule has 1 aliphatic heterocycles. The summed E-state index contributed by atoms with van der Waals surface area (Å²) >= 11 is 13.6. The van der Waals surface area contributed by atoms with Crippen LogP contribution in [0.25, 0.3) is 0 Å². The van der Waals surface area contributed by atoms with Gasteiger partial charge in [0.05, 0.1) is 23.1 Å². The summed E-state index contributed by atoms with van der Waals surface area (Å²) in [4.78, 5) is 41.5. The Balaban J connectivity index is 1.49. The lowest BCUT2D eigenvalue weighted by atomic mass is 9.81. The second kappa shape index (κ2) is 7.71. The van der Waals surface area contributed by atoms with Crippen LogP contribution >= 0.6 is 43.5 Å². The standard InChI is InChI=1S/C23H19Br2ClN2O3/c1-10-14(26)6-4-7-15(10)27-21(29)11-5-2-3-8-16(11)28-22(30)17-12-9-13(18(17)23(28)31)20(25)19(12)24/h2-8,12-13,17-20H,9H2,1H3,(H,27,29)/t12-,13-,17-,18-,19+,20+/m1/s1. The van der Waals surface area contributed by atoms with Crippen LogP contribution in [-0.4, -0.2) is 27.4 Å². The van der Waals surface area contributed by atoms with E-state index in [9.17, 15) is 14.4 Å². The molecular weight excluding hydrogens is 548 g/mol. The zero-order chi connectivity index (χ0) is 22.0. The zero-order valence-electron chi connectivity index (χ0n) is 16.5. The van der Waals surface area contributed by atoms with Crippen LogP contribution in [0.3, 0.4) is 0 Å². The smallest absolute Gasteiger partial charge is 0.257 e. The second-order valence-electron chi connectivity index (χ2n) is 8.40. The molecule has 2 aromatic carbocycles. The average molecular weight is 567 g/mol. The Kier molecular flexibility index (Phi) is 5.26. The summed E-state index contributed by atoms with van der Waals surface area (Å²) in [5, 5.41) is 3.42. The molecule has 8 heteroatoms. The quantitative estimate of drug-likeness (QED) is 0.411. The van der Waals surface area contributed by atoms with Crippen molar-refractivity contribution in [3.8, 4) is 0 Å². The second-order valence-corrected chi connectivity index (χ2v) is 10.9. The monoisotopic (exact) mass is 564 g/mol. The van der Waals surface area contributed by atoms with E-state index in [1.807, 2.05) is 6.92 Å². The van der Waals surface area contributed by atoms with E-state index in [4.69, 9.17) is 11.6 Å². The van der Waals surface area contributed by atoms with Crippen molar-refractivity contribution in [1.29, 1.82) is 0 Å². The number of rotatable bonds is 3. The van der Waals surface area contributed by atoms with E-state index in [1.54, 1.807) is 42.5 Å².